The normalized spacial score (nSPS) is 17.2. The first-order valence-electron chi connectivity index (χ1n) is 7.34. The largest absolute Gasteiger partial charge is 0.439 e. The molecular formula is C17H18N2O3. The fourth-order valence-corrected chi connectivity index (χ4v) is 2.26. The third kappa shape index (κ3) is 3.83. The summed E-state index contributed by atoms with van der Waals surface area (Å²) in [5.74, 6) is 1.30. The van der Waals surface area contributed by atoms with Gasteiger partial charge in [0, 0.05) is 25.4 Å². The summed E-state index contributed by atoms with van der Waals surface area (Å²) in [6, 6.07) is 13.2. The van der Waals surface area contributed by atoms with E-state index in [-0.39, 0.29) is 11.8 Å². The van der Waals surface area contributed by atoms with Crippen molar-refractivity contribution < 1.29 is 14.3 Å². The van der Waals surface area contributed by atoms with Crippen molar-refractivity contribution in [2.45, 2.75) is 13.0 Å². The minimum Gasteiger partial charge on any atom is -0.439 e. The smallest absolute Gasteiger partial charge is 0.225 e. The van der Waals surface area contributed by atoms with E-state index in [0.717, 1.165) is 17.7 Å². The second-order valence-electron chi connectivity index (χ2n) is 5.20. The van der Waals surface area contributed by atoms with E-state index in [4.69, 9.17) is 9.47 Å². The van der Waals surface area contributed by atoms with E-state index in [0.29, 0.717) is 25.6 Å². The Bertz CT molecular complexity index is 608. The SMILES string of the molecule is O=C(NCc1ccc(Oc2ccccc2)nc1)C1CCOC1. The molecule has 114 valence electrons. The maximum Gasteiger partial charge on any atom is 0.225 e. The van der Waals surface area contributed by atoms with Crippen molar-refractivity contribution in [1.29, 1.82) is 0 Å². The number of rotatable bonds is 5. The lowest BCUT2D eigenvalue weighted by Crippen LogP contribution is -2.30. The molecule has 1 saturated heterocycles. The summed E-state index contributed by atoms with van der Waals surface area (Å²) in [4.78, 5) is 16.1. The predicted molar refractivity (Wildman–Crippen MR) is 81.5 cm³/mol. The Morgan fingerprint density at radius 2 is 2.14 bits per heavy atom. The number of hydrogen-bond donors (Lipinski definition) is 1. The predicted octanol–water partition coefficient (Wildman–Crippen LogP) is 2.53. The number of hydrogen-bond acceptors (Lipinski definition) is 4. The maximum atomic E-state index is 11.9. The number of amides is 1. The summed E-state index contributed by atoms with van der Waals surface area (Å²) in [6.45, 7) is 1.66. The van der Waals surface area contributed by atoms with Gasteiger partial charge in [0.1, 0.15) is 5.75 Å². The van der Waals surface area contributed by atoms with Crippen molar-refractivity contribution >= 4 is 5.91 Å². The Balaban J connectivity index is 1.52. The van der Waals surface area contributed by atoms with Crippen LogP contribution < -0.4 is 10.1 Å². The molecule has 0 aliphatic carbocycles. The third-order valence-electron chi connectivity index (χ3n) is 3.53. The second kappa shape index (κ2) is 7.04. The van der Waals surface area contributed by atoms with Crippen LogP contribution in [-0.2, 0) is 16.1 Å². The fraction of sp³-hybridized carbons (Fsp3) is 0.294. The number of nitrogens with one attached hydrogen (secondary N) is 1. The van der Waals surface area contributed by atoms with Crippen LogP contribution >= 0.6 is 0 Å². The van der Waals surface area contributed by atoms with Crippen LogP contribution in [0.4, 0.5) is 0 Å². The van der Waals surface area contributed by atoms with Crippen LogP contribution in [0.25, 0.3) is 0 Å². The Kier molecular flexibility index (Phi) is 4.65. The average Bonchev–Trinajstić information content (AvgIpc) is 3.09. The molecule has 0 spiro atoms. The summed E-state index contributed by atoms with van der Waals surface area (Å²) in [5, 5.41) is 2.91. The van der Waals surface area contributed by atoms with Gasteiger partial charge in [0.15, 0.2) is 0 Å². The quantitative estimate of drug-likeness (QED) is 0.921. The molecule has 1 fully saturated rings. The van der Waals surface area contributed by atoms with Gasteiger partial charge in [-0.05, 0) is 24.1 Å². The van der Waals surface area contributed by atoms with Crippen molar-refractivity contribution in [1.82, 2.24) is 10.3 Å². The van der Waals surface area contributed by atoms with Gasteiger partial charge in [-0.3, -0.25) is 4.79 Å². The van der Waals surface area contributed by atoms with Crippen LogP contribution in [0.1, 0.15) is 12.0 Å². The third-order valence-corrected chi connectivity index (χ3v) is 3.53. The number of benzene rings is 1. The number of nitrogens with zero attached hydrogens (tertiary/aromatic N) is 1. The first-order valence-corrected chi connectivity index (χ1v) is 7.34. The van der Waals surface area contributed by atoms with E-state index >= 15 is 0 Å². The van der Waals surface area contributed by atoms with Crippen LogP contribution in [0.3, 0.4) is 0 Å². The van der Waals surface area contributed by atoms with Crippen molar-refractivity contribution in [2.75, 3.05) is 13.2 Å². The van der Waals surface area contributed by atoms with Crippen LogP contribution in [0, 0.1) is 5.92 Å². The topological polar surface area (TPSA) is 60.5 Å². The van der Waals surface area contributed by atoms with Crippen LogP contribution in [0.15, 0.2) is 48.7 Å². The monoisotopic (exact) mass is 298 g/mol. The summed E-state index contributed by atoms with van der Waals surface area (Å²) in [7, 11) is 0. The number of aromatic nitrogens is 1. The molecule has 1 unspecified atom stereocenters. The minimum absolute atomic E-state index is 0.0198. The average molecular weight is 298 g/mol. The summed E-state index contributed by atoms with van der Waals surface area (Å²) in [5.41, 5.74) is 0.938. The summed E-state index contributed by atoms with van der Waals surface area (Å²) in [6.07, 6.45) is 2.51. The van der Waals surface area contributed by atoms with Gasteiger partial charge in [0.2, 0.25) is 11.8 Å². The summed E-state index contributed by atoms with van der Waals surface area (Å²) < 4.78 is 10.8. The van der Waals surface area contributed by atoms with Crippen LogP contribution in [0.5, 0.6) is 11.6 Å². The van der Waals surface area contributed by atoms with Crippen LogP contribution in [0.2, 0.25) is 0 Å². The van der Waals surface area contributed by atoms with Gasteiger partial charge in [-0.15, -0.1) is 0 Å². The molecule has 1 aliphatic heterocycles. The number of carbonyl (C=O) groups excluding carboxylic acids is 1. The van der Waals surface area contributed by atoms with E-state index in [1.165, 1.54) is 0 Å². The molecule has 0 radical (unpaired) electrons. The standard InChI is InChI=1S/C17H18N2O3/c20-17(14-8-9-21-12-14)19-11-13-6-7-16(18-10-13)22-15-4-2-1-3-5-15/h1-7,10,14H,8-9,11-12H2,(H,19,20). The van der Waals surface area contributed by atoms with E-state index in [9.17, 15) is 4.79 Å². The van der Waals surface area contributed by atoms with E-state index in [2.05, 4.69) is 10.3 Å². The van der Waals surface area contributed by atoms with Gasteiger partial charge in [-0.2, -0.15) is 0 Å². The van der Waals surface area contributed by atoms with Gasteiger partial charge in [-0.1, -0.05) is 24.3 Å². The minimum atomic E-state index is -0.0198. The number of para-hydroxylation sites is 1. The van der Waals surface area contributed by atoms with E-state index < -0.39 is 0 Å². The highest BCUT2D eigenvalue weighted by Gasteiger charge is 2.22. The molecular weight excluding hydrogens is 280 g/mol. The maximum absolute atomic E-state index is 11.9. The zero-order valence-electron chi connectivity index (χ0n) is 12.2. The van der Waals surface area contributed by atoms with Crippen molar-refractivity contribution in [3.05, 3.63) is 54.2 Å². The highest BCUT2D eigenvalue weighted by Crippen LogP contribution is 2.18. The lowest BCUT2D eigenvalue weighted by molar-refractivity contribution is -0.125. The molecule has 1 amide bonds. The highest BCUT2D eigenvalue weighted by atomic mass is 16.5. The van der Waals surface area contributed by atoms with Gasteiger partial charge in [0.25, 0.3) is 0 Å². The van der Waals surface area contributed by atoms with Gasteiger partial charge >= 0.3 is 0 Å². The molecule has 1 aromatic carbocycles. The van der Waals surface area contributed by atoms with E-state index in [1.807, 2.05) is 36.4 Å². The molecule has 5 heteroatoms. The highest BCUT2D eigenvalue weighted by molar-refractivity contribution is 5.78. The Labute approximate surface area is 129 Å². The molecule has 1 aromatic heterocycles. The van der Waals surface area contributed by atoms with Crippen molar-refractivity contribution in [2.24, 2.45) is 5.92 Å². The molecule has 22 heavy (non-hydrogen) atoms. The first kappa shape index (κ1) is 14.5. The zero-order valence-corrected chi connectivity index (χ0v) is 12.2. The number of ether oxygens (including phenoxy) is 2. The lowest BCUT2D eigenvalue weighted by Gasteiger charge is -2.09. The molecule has 2 aromatic rings. The fourth-order valence-electron chi connectivity index (χ4n) is 2.26. The Hall–Kier alpha value is -2.40. The molecule has 1 N–H and O–H groups in total. The summed E-state index contributed by atoms with van der Waals surface area (Å²) >= 11 is 0. The molecule has 2 heterocycles. The molecule has 1 atom stereocenters. The molecule has 0 bridgehead atoms. The molecule has 5 nitrogen and oxygen atoms in total. The molecule has 1 aliphatic rings. The van der Waals surface area contributed by atoms with Crippen molar-refractivity contribution in [3.63, 3.8) is 0 Å². The molecule has 0 saturated carbocycles. The van der Waals surface area contributed by atoms with Gasteiger partial charge in [0.05, 0.1) is 12.5 Å². The zero-order chi connectivity index (χ0) is 15.2. The lowest BCUT2D eigenvalue weighted by atomic mass is 10.1. The first-order chi connectivity index (χ1) is 10.8. The number of carbonyl (C=O) groups is 1. The Morgan fingerprint density at radius 3 is 2.82 bits per heavy atom. The molecule has 3 rings (SSSR count). The van der Waals surface area contributed by atoms with Gasteiger partial charge in [-0.25, -0.2) is 4.98 Å². The Morgan fingerprint density at radius 1 is 1.27 bits per heavy atom. The van der Waals surface area contributed by atoms with E-state index in [1.54, 1.807) is 12.3 Å². The van der Waals surface area contributed by atoms with Crippen molar-refractivity contribution in [3.8, 4) is 11.6 Å². The second-order valence-corrected chi connectivity index (χ2v) is 5.20. The number of pyridine rings is 1. The van der Waals surface area contributed by atoms with Gasteiger partial charge < -0.3 is 14.8 Å². The van der Waals surface area contributed by atoms with Crippen LogP contribution in [-0.4, -0.2) is 24.1 Å².